The van der Waals surface area contributed by atoms with Crippen LogP contribution in [0.4, 0.5) is 8.78 Å². The highest BCUT2D eigenvalue weighted by molar-refractivity contribution is 6.35. The molecule has 9 nitrogen and oxygen atoms in total. The number of aromatic nitrogens is 1. The zero-order chi connectivity index (χ0) is 29.1. The van der Waals surface area contributed by atoms with E-state index in [1.165, 1.54) is 42.7 Å². The predicted molar refractivity (Wildman–Crippen MR) is 142 cm³/mol. The topological polar surface area (TPSA) is 104 Å². The van der Waals surface area contributed by atoms with Gasteiger partial charge in [-0.2, -0.15) is 8.78 Å². The highest BCUT2D eigenvalue weighted by Gasteiger charge is 2.37. The van der Waals surface area contributed by atoms with Crippen LogP contribution in [0.15, 0.2) is 54.9 Å². The van der Waals surface area contributed by atoms with Gasteiger partial charge in [0, 0.05) is 25.2 Å². The Morgan fingerprint density at radius 1 is 1.05 bits per heavy atom. The standard InChI is InChI=1S/C28H22Cl2F2N2O7/c29-20-11-33-12-21(30)19(20)10-23(40-25(35)13-34-26(36)17-3-1-2-4-18(17)27(34)37)15-5-6-22(41-28(31)32)24(9-15)39-16-7-8-38-14-16/h1-6,9,11-12,16,23,28H,7-8,10,13-14H2/t16?,23-/m0/s1. The van der Waals surface area contributed by atoms with Crippen molar-refractivity contribution in [3.8, 4) is 11.5 Å². The van der Waals surface area contributed by atoms with Gasteiger partial charge in [-0.15, -0.1) is 0 Å². The average Bonchev–Trinajstić information content (AvgIpc) is 3.54. The van der Waals surface area contributed by atoms with Crippen LogP contribution in [0, 0.1) is 0 Å². The lowest BCUT2D eigenvalue weighted by atomic mass is 10.0. The predicted octanol–water partition coefficient (Wildman–Crippen LogP) is 5.28. The van der Waals surface area contributed by atoms with Gasteiger partial charge in [0.25, 0.3) is 11.8 Å². The van der Waals surface area contributed by atoms with Gasteiger partial charge >= 0.3 is 12.6 Å². The number of alkyl halides is 2. The van der Waals surface area contributed by atoms with E-state index in [9.17, 15) is 23.2 Å². The summed E-state index contributed by atoms with van der Waals surface area (Å²) in [6.07, 6.45) is 1.75. The minimum Gasteiger partial charge on any atom is -0.484 e. The molecule has 0 radical (unpaired) electrons. The van der Waals surface area contributed by atoms with Crippen molar-refractivity contribution in [1.29, 1.82) is 0 Å². The van der Waals surface area contributed by atoms with Crippen molar-refractivity contribution in [3.05, 3.63) is 87.2 Å². The molecule has 3 heterocycles. The minimum absolute atomic E-state index is 0.00776. The van der Waals surface area contributed by atoms with Crippen LogP contribution in [0.3, 0.4) is 0 Å². The number of hydrogen-bond acceptors (Lipinski definition) is 8. The minimum atomic E-state index is -3.11. The van der Waals surface area contributed by atoms with Crippen LogP contribution in [0.25, 0.3) is 0 Å². The number of esters is 1. The lowest BCUT2D eigenvalue weighted by molar-refractivity contribution is -0.149. The summed E-state index contributed by atoms with van der Waals surface area (Å²) in [7, 11) is 0. The number of pyridine rings is 1. The van der Waals surface area contributed by atoms with Gasteiger partial charge in [-0.05, 0) is 35.4 Å². The van der Waals surface area contributed by atoms with Crippen molar-refractivity contribution < 1.29 is 42.1 Å². The summed E-state index contributed by atoms with van der Waals surface area (Å²) in [5.74, 6) is -2.37. The normalized spacial score (nSPS) is 17.1. The molecule has 1 aromatic heterocycles. The van der Waals surface area contributed by atoms with Crippen LogP contribution in [-0.4, -0.2) is 60.1 Å². The molecule has 5 rings (SSSR count). The maximum atomic E-state index is 13.1. The Morgan fingerprint density at radius 3 is 2.34 bits per heavy atom. The van der Waals surface area contributed by atoms with Crippen molar-refractivity contribution in [2.24, 2.45) is 0 Å². The van der Waals surface area contributed by atoms with E-state index in [0.717, 1.165) is 4.90 Å². The SMILES string of the molecule is O=C(CN1C(=O)c2ccccc2C1=O)O[C@@H](Cc1c(Cl)cncc1Cl)c1ccc(OC(F)F)c(OC2CCOC2)c1. The summed E-state index contributed by atoms with van der Waals surface area (Å²) in [6.45, 7) is -3.05. The fraction of sp³-hybridized carbons (Fsp3) is 0.286. The highest BCUT2D eigenvalue weighted by Crippen LogP contribution is 2.37. The Labute approximate surface area is 242 Å². The molecule has 214 valence electrons. The number of fused-ring (bicyclic) bond motifs is 1. The van der Waals surface area contributed by atoms with Crippen molar-refractivity contribution >= 4 is 41.0 Å². The van der Waals surface area contributed by atoms with Gasteiger partial charge < -0.3 is 18.9 Å². The van der Waals surface area contributed by atoms with Crippen LogP contribution in [0.2, 0.25) is 10.0 Å². The molecule has 0 saturated carbocycles. The van der Waals surface area contributed by atoms with Crippen molar-refractivity contribution in [1.82, 2.24) is 9.88 Å². The molecule has 0 N–H and O–H groups in total. The number of benzene rings is 2. The Morgan fingerprint density at radius 2 is 1.73 bits per heavy atom. The van der Waals surface area contributed by atoms with E-state index < -0.39 is 43.1 Å². The first-order valence-corrected chi connectivity index (χ1v) is 13.2. The molecule has 1 unspecified atom stereocenters. The number of carbonyl (C=O) groups excluding carboxylic acids is 3. The summed E-state index contributed by atoms with van der Waals surface area (Å²) in [4.78, 5) is 43.4. The zero-order valence-corrected chi connectivity index (χ0v) is 22.7. The van der Waals surface area contributed by atoms with Gasteiger partial charge in [0.1, 0.15) is 18.8 Å². The third kappa shape index (κ3) is 6.42. The molecule has 2 aliphatic rings. The van der Waals surface area contributed by atoms with E-state index in [0.29, 0.717) is 24.2 Å². The Hall–Kier alpha value is -3.80. The molecule has 0 spiro atoms. The second-order valence-corrected chi connectivity index (χ2v) is 10.0. The highest BCUT2D eigenvalue weighted by atomic mass is 35.5. The molecule has 41 heavy (non-hydrogen) atoms. The van der Waals surface area contributed by atoms with E-state index >= 15 is 0 Å². The first-order chi connectivity index (χ1) is 19.7. The summed E-state index contributed by atoms with van der Waals surface area (Å²) in [5, 5.41) is 0.409. The Balaban J connectivity index is 1.44. The fourth-order valence-corrected chi connectivity index (χ4v) is 5.07. The number of ether oxygens (including phenoxy) is 4. The van der Waals surface area contributed by atoms with E-state index in [1.54, 1.807) is 12.1 Å². The molecule has 2 aliphatic heterocycles. The smallest absolute Gasteiger partial charge is 0.387 e. The molecule has 2 aromatic carbocycles. The number of hydrogen-bond donors (Lipinski definition) is 0. The van der Waals surface area contributed by atoms with Crippen LogP contribution in [-0.2, 0) is 20.7 Å². The van der Waals surface area contributed by atoms with Gasteiger partial charge in [0.15, 0.2) is 11.5 Å². The van der Waals surface area contributed by atoms with Crippen LogP contribution < -0.4 is 9.47 Å². The van der Waals surface area contributed by atoms with E-state index in [2.05, 4.69) is 9.72 Å². The molecule has 2 atom stereocenters. The van der Waals surface area contributed by atoms with Crippen molar-refractivity contribution in [3.63, 3.8) is 0 Å². The molecule has 3 aromatic rings. The Kier molecular flexibility index (Phi) is 8.67. The summed E-state index contributed by atoms with van der Waals surface area (Å²) >= 11 is 12.7. The molecule has 2 amide bonds. The lowest BCUT2D eigenvalue weighted by Crippen LogP contribution is -2.36. The maximum absolute atomic E-state index is 13.1. The first-order valence-electron chi connectivity index (χ1n) is 12.5. The van der Waals surface area contributed by atoms with Crippen LogP contribution in [0.1, 0.15) is 44.4 Å². The molecule has 1 fully saturated rings. The number of rotatable bonds is 10. The number of carbonyl (C=O) groups is 3. The van der Waals surface area contributed by atoms with Crippen molar-refractivity contribution in [2.45, 2.75) is 31.7 Å². The lowest BCUT2D eigenvalue weighted by Gasteiger charge is -2.23. The van der Waals surface area contributed by atoms with Gasteiger partial charge in [-0.25, -0.2) is 0 Å². The number of nitrogens with zero attached hydrogens (tertiary/aromatic N) is 2. The molecule has 0 aliphatic carbocycles. The molecular formula is C28H22Cl2F2N2O7. The second kappa shape index (κ2) is 12.4. The van der Waals surface area contributed by atoms with E-state index in [1.807, 2.05) is 0 Å². The molecule has 0 bridgehead atoms. The molecule has 1 saturated heterocycles. The molecule has 13 heteroatoms. The largest absolute Gasteiger partial charge is 0.484 e. The average molecular weight is 607 g/mol. The van der Waals surface area contributed by atoms with Gasteiger partial charge in [-0.3, -0.25) is 24.3 Å². The van der Waals surface area contributed by atoms with Gasteiger partial charge in [-0.1, -0.05) is 41.4 Å². The number of imide groups is 1. The van der Waals surface area contributed by atoms with E-state index in [-0.39, 0.29) is 45.7 Å². The fourth-order valence-electron chi connectivity index (χ4n) is 4.55. The number of amides is 2. The summed E-state index contributed by atoms with van der Waals surface area (Å²) in [5.41, 5.74) is 1.11. The molecular weight excluding hydrogens is 585 g/mol. The maximum Gasteiger partial charge on any atom is 0.387 e. The Bertz CT molecular complexity index is 1430. The summed E-state index contributed by atoms with van der Waals surface area (Å²) < 4.78 is 47.8. The van der Waals surface area contributed by atoms with Crippen LogP contribution >= 0.6 is 23.2 Å². The quantitative estimate of drug-likeness (QED) is 0.227. The van der Waals surface area contributed by atoms with Crippen molar-refractivity contribution in [2.75, 3.05) is 19.8 Å². The first kappa shape index (κ1) is 28.7. The van der Waals surface area contributed by atoms with Crippen LogP contribution in [0.5, 0.6) is 11.5 Å². The summed E-state index contributed by atoms with van der Waals surface area (Å²) in [6, 6.07) is 10.3. The number of halogens is 4. The van der Waals surface area contributed by atoms with E-state index in [4.69, 9.17) is 37.4 Å². The third-order valence-corrected chi connectivity index (χ3v) is 7.17. The van der Waals surface area contributed by atoms with Gasteiger partial charge in [0.2, 0.25) is 0 Å². The monoisotopic (exact) mass is 606 g/mol. The van der Waals surface area contributed by atoms with Gasteiger partial charge in [0.05, 0.1) is 34.4 Å². The third-order valence-electron chi connectivity index (χ3n) is 6.52. The zero-order valence-electron chi connectivity index (χ0n) is 21.2. The second-order valence-electron chi connectivity index (χ2n) is 9.19.